The van der Waals surface area contributed by atoms with Crippen molar-refractivity contribution in [3.63, 3.8) is 0 Å². The van der Waals surface area contributed by atoms with E-state index in [4.69, 9.17) is 9.47 Å². The number of piperidine rings is 1. The van der Waals surface area contributed by atoms with Crippen LogP contribution in [0, 0.1) is 0 Å². The summed E-state index contributed by atoms with van der Waals surface area (Å²) < 4.78 is 11.4. The molecule has 0 aliphatic carbocycles. The van der Waals surface area contributed by atoms with Crippen LogP contribution in [0.15, 0.2) is 30.3 Å². The van der Waals surface area contributed by atoms with E-state index in [1.165, 1.54) is 6.42 Å². The number of morpholine rings is 1. The molecule has 1 aromatic rings. The summed E-state index contributed by atoms with van der Waals surface area (Å²) in [6, 6.07) is 10.1. The van der Waals surface area contributed by atoms with Crippen LogP contribution in [-0.2, 0) is 14.3 Å². The Kier molecular flexibility index (Phi) is 5.77. The molecule has 0 radical (unpaired) electrons. The van der Waals surface area contributed by atoms with Crippen LogP contribution in [0.1, 0.15) is 44.6 Å². The third kappa shape index (κ3) is 3.73. The van der Waals surface area contributed by atoms with Crippen LogP contribution in [0.4, 0.5) is 0 Å². The standard InChI is InChI=1S/C17H21NO4.C3H8/c1-18-13-7-11(8-14(18)16-15(13)22-16)21-17(20)12(9-19)10-5-3-2-4-6-10;1-3-2/h2-6,11-16,19H,7-9H2,1H3;3H2,1-2H3/t11-,12-,13-,14+,15-,16+;/m1./s1. The van der Waals surface area contributed by atoms with Crippen molar-refractivity contribution in [2.24, 2.45) is 0 Å². The molecular weight excluding hydrogens is 318 g/mol. The number of hydrogen-bond donors (Lipinski definition) is 1. The van der Waals surface area contributed by atoms with Crippen LogP contribution in [0.5, 0.6) is 0 Å². The summed E-state index contributed by atoms with van der Waals surface area (Å²) in [5.74, 6) is -0.915. The number of fused-ring (bicyclic) bond motifs is 5. The zero-order chi connectivity index (χ0) is 18.0. The number of likely N-dealkylation sites (N-methyl/N-ethyl adjacent to an activating group) is 1. The van der Waals surface area contributed by atoms with Crippen molar-refractivity contribution in [2.75, 3.05) is 13.7 Å². The number of aliphatic hydroxyl groups is 1. The van der Waals surface area contributed by atoms with Crippen LogP contribution in [0.2, 0.25) is 0 Å². The fraction of sp³-hybridized carbons (Fsp3) is 0.650. The molecule has 3 saturated heterocycles. The van der Waals surface area contributed by atoms with Crippen LogP contribution >= 0.6 is 0 Å². The van der Waals surface area contributed by atoms with Gasteiger partial charge in [-0.1, -0.05) is 50.6 Å². The van der Waals surface area contributed by atoms with Gasteiger partial charge in [0.15, 0.2) is 0 Å². The Balaban J connectivity index is 0.000000569. The molecule has 2 bridgehead atoms. The molecule has 138 valence electrons. The van der Waals surface area contributed by atoms with Gasteiger partial charge in [0, 0.05) is 24.9 Å². The van der Waals surface area contributed by atoms with Gasteiger partial charge in [0.25, 0.3) is 0 Å². The number of esters is 1. The van der Waals surface area contributed by atoms with Gasteiger partial charge in [-0.05, 0) is 12.6 Å². The highest BCUT2D eigenvalue weighted by Crippen LogP contribution is 2.48. The number of carbonyl (C=O) groups is 1. The van der Waals surface area contributed by atoms with Gasteiger partial charge in [-0.2, -0.15) is 0 Å². The maximum absolute atomic E-state index is 12.4. The maximum atomic E-state index is 12.4. The zero-order valence-electron chi connectivity index (χ0n) is 15.3. The molecule has 3 aliphatic rings. The van der Waals surface area contributed by atoms with Crippen molar-refractivity contribution < 1.29 is 19.4 Å². The van der Waals surface area contributed by atoms with Gasteiger partial charge in [-0.3, -0.25) is 9.69 Å². The Morgan fingerprint density at radius 2 is 1.80 bits per heavy atom. The average molecular weight is 347 g/mol. The first-order valence-corrected chi connectivity index (χ1v) is 9.34. The lowest BCUT2D eigenvalue weighted by molar-refractivity contribution is -0.156. The van der Waals surface area contributed by atoms with Gasteiger partial charge in [0.05, 0.1) is 6.61 Å². The predicted octanol–water partition coefficient (Wildman–Crippen LogP) is 2.33. The Labute approximate surface area is 149 Å². The number of epoxide rings is 1. The van der Waals surface area contributed by atoms with Crippen LogP contribution in [0.25, 0.3) is 0 Å². The average Bonchev–Trinajstić information content (AvgIpc) is 3.35. The van der Waals surface area contributed by atoms with Gasteiger partial charge in [-0.25, -0.2) is 0 Å². The zero-order valence-corrected chi connectivity index (χ0v) is 15.3. The summed E-state index contributed by atoms with van der Waals surface area (Å²) in [5, 5.41) is 9.56. The topological polar surface area (TPSA) is 62.3 Å². The Morgan fingerprint density at radius 3 is 2.32 bits per heavy atom. The van der Waals surface area contributed by atoms with E-state index < -0.39 is 5.92 Å². The molecule has 3 aliphatic heterocycles. The number of rotatable bonds is 4. The summed E-state index contributed by atoms with van der Waals surface area (Å²) in [6.45, 7) is 4.02. The maximum Gasteiger partial charge on any atom is 0.316 e. The second-order valence-corrected chi connectivity index (χ2v) is 7.25. The first kappa shape index (κ1) is 18.4. The summed E-state index contributed by atoms with van der Waals surface area (Å²) in [7, 11) is 2.13. The highest BCUT2D eigenvalue weighted by molar-refractivity contribution is 5.78. The van der Waals surface area contributed by atoms with Crippen molar-refractivity contribution in [3.05, 3.63) is 35.9 Å². The second kappa shape index (κ2) is 7.85. The molecule has 6 atom stereocenters. The van der Waals surface area contributed by atoms with E-state index in [1.54, 1.807) is 0 Å². The van der Waals surface area contributed by atoms with Crippen molar-refractivity contribution in [1.29, 1.82) is 0 Å². The largest absolute Gasteiger partial charge is 0.462 e. The smallest absolute Gasteiger partial charge is 0.316 e. The van der Waals surface area contributed by atoms with Crippen molar-refractivity contribution in [3.8, 4) is 0 Å². The van der Waals surface area contributed by atoms with Gasteiger partial charge in [-0.15, -0.1) is 0 Å². The van der Waals surface area contributed by atoms with E-state index in [-0.39, 0.29) is 18.7 Å². The molecule has 0 unspecified atom stereocenters. The number of carbonyl (C=O) groups excluding carboxylic acids is 1. The minimum absolute atomic E-state index is 0.0622. The van der Waals surface area contributed by atoms with Gasteiger partial charge in [0.1, 0.15) is 24.2 Å². The SMILES string of the molecule is CCC.CN1[C@@H]2C[C@@H](OC(=O)[C@H](CO)c3ccccc3)C[C@H]1[C@@H]1O[C@@H]12. The van der Waals surface area contributed by atoms with Crippen LogP contribution < -0.4 is 0 Å². The van der Waals surface area contributed by atoms with E-state index in [1.807, 2.05) is 30.3 Å². The van der Waals surface area contributed by atoms with Crippen molar-refractivity contribution >= 4 is 5.97 Å². The van der Waals surface area contributed by atoms with Crippen LogP contribution in [0.3, 0.4) is 0 Å². The summed E-state index contributed by atoms with van der Waals surface area (Å²) >= 11 is 0. The molecule has 1 N–H and O–H groups in total. The van der Waals surface area contributed by atoms with Gasteiger partial charge < -0.3 is 14.6 Å². The third-order valence-corrected chi connectivity index (χ3v) is 5.33. The van der Waals surface area contributed by atoms with Crippen LogP contribution in [-0.4, -0.2) is 60.0 Å². The monoisotopic (exact) mass is 347 g/mol. The number of hydrogen-bond acceptors (Lipinski definition) is 5. The highest BCUT2D eigenvalue weighted by Gasteiger charge is 2.62. The Morgan fingerprint density at radius 1 is 1.24 bits per heavy atom. The Hall–Kier alpha value is -1.43. The molecule has 1 aromatic carbocycles. The normalized spacial score (nSPS) is 33.7. The predicted molar refractivity (Wildman–Crippen MR) is 95.3 cm³/mol. The quantitative estimate of drug-likeness (QED) is 0.669. The van der Waals surface area contributed by atoms with E-state index in [0.29, 0.717) is 24.3 Å². The van der Waals surface area contributed by atoms with Crippen molar-refractivity contribution in [2.45, 2.75) is 69.4 Å². The van der Waals surface area contributed by atoms with Gasteiger partial charge in [0.2, 0.25) is 0 Å². The number of aliphatic hydroxyl groups excluding tert-OH is 1. The number of ether oxygens (including phenoxy) is 2. The summed E-state index contributed by atoms with van der Waals surface area (Å²) in [5.41, 5.74) is 0.803. The Bertz CT molecular complexity index is 560. The number of nitrogens with zero attached hydrogens (tertiary/aromatic N) is 1. The second-order valence-electron chi connectivity index (χ2n) is 7.25. The lowest BCUT2D eigenvalue weighted by Crippen LogP contribution is -2.48. The van der Waals surface area contributed by atoms with E-state index in [2.05, 4.69) is 25.8 Å². The molecule has 3 heterocycles. The fourth-order valence-corrected chi connectivity index (χ4v) is 4.04. The molecule has 25 heavy (non-hydrogen) atoms. The minimum Gasteiger partial charge on any atom is -0.462 e. The summed E-state index contributed by atoms with van der Waals surface area (Å²) in [6.07, 6.45) is 3.51. The fourth-order valence-electron chi connectivity index (χ4n) is 4.04. The highest BCUT2D eigenvalue weighted by atomic mass is 16.6. The first-order chi connectivity index (χ1) is 12.1. The first-order valence-electron chi connectivity index (χ1n) is 9.34. The minimum atomic E-state index is -0.593. The molecule has 5 nitrogen and oxygen atoms in total. The van der Waals surface area contributed by atoms with E-state index >= 15 is 0 Å². The molecule has 5 heteroatoms. The molecular formula is C20H29NO4. The van der Waals surface area contributed by atoms with E-state index in [9.17, 15) is 9.90 Å². The molecule has 0 aromatic heterocycles. The number of benzene rings is 1. The lowest BCUT2D eigenvalue weighted by Gasteiger charge is -2.38. The van der Waals surface area contributed by atoms with Gasteiger partial charge >= 0.3 is 5.97 Å². The summed E-state index contributed by atoms with van der Waals surface area (Å²) in [4.78, 5) is 14.8. The molecule has 3 fully saturated rings. The van der Waals surface area contributed by atoms with E-state index in [0.717, 1.165) is 18.4 Å². The molecule has 0 spiro atoms. The molecule has 4 rings (SSSR count). The molecule has 0 saturated carbocycles. The third-order valence-electron chi connectivity index (χ3n) is 5.33. The molecule has 0 amide bonds. The van der Waals surface area contributed by atoms with Crippen molar-refractivity contribution in [1.82, 2.24) is 4.90 Å². The lowest BCUT2D eigenvalue weighted by atomic mass is 9.97.